The van der Waals surface area contributed by atoms with Gasteiger partial charge in [-0.2, -0.15) is 13.2 Å². The lowest BCUT2D eigenvalue weighted by atomic mass is 10.1. The van der Waals surface area contributed by atoms with Gasteiger partial charge >= 0.3 is 6.18 Å². The van der Waals surface area contributed by atoms with Gasteiger partial charge in [0.2, 0.25) is 12.7 Å². The van der Waals surface area contributed by atoms with Gasteiger partial charge in [-0.3, -0.25) is 9.69 Å². The minimum absolute atomic E-state index is 0.0244. The average molecular weight is 436 g/mol. The Morgan fingerprint density at radius 2 is 1.74 bits per heavy atom. The van der Waals surface area contributed by atoms with E-state index < -0.39 is 17.6 Å². The van der Waals surface area contributed by atoms with Crippen LogP contribution in [0.25, 0.3) is 6.08 Å². The summed E-state index contributed by atoms with van der Waals surface area (Å²) >= 11 is 0. The van der Waals surface area contributed by atoms with Gasteiger partial charge in [-0.1, -0.05) is 12.1 Å². The van der Waals surface area contributed by atoms with Crippen LogP contribution in [0.3, 0.4) is 0 Å². The Bertz CT molecular complexity index is 999. The summed E-state index contributed by atoms with van der Waals surface area (Å²) in [6, 6.07) is 8.10. The van der Waals surface area contributed by atoms with Gasteiger partial charge in [0.15, 0.2) is 11.5 Å². The molecule has 4 rings (SSSR count). The van der Waals surface area contributed by atoms with Gasteiger partial charge in [0.25, 0.3) is 0 Å². The van der Waals surface area contributed by atoms with Crippen LogP contribution in [0, 0.1) is 5.82 Å². The van der Waals surface area contributed by atoms with Crippen molar-refractivity contribution in [2.24, 2.45) is 0 Å². The van der Waals surface area contributed by atoms with Gasteiger partial charge in [0.05, 0.1) is 5.56 Å². The lowest BCUT2D eigenvalue weighted by molar-refractivity contribution is -0.138. The van der Waals surface area contributed by atoms with Crippen molar-refractivity contribution in [2.75, 3.05) is 33.0 Å². The Hall–Kier alpha value is -3.07. The Morgan fingerprint density at radius 3 is 2.48 bits per heavy atom. The van der Waals surface area contributed by atoms with Gasteiger partial charge in [-0.05, 0) is 41.5 Å². The standard InChI is InChI=1S/C22H20F4N2O3/c23-17-4-3-16(18(12-17)22(24,25)26)13-27-7-9-28(10-8-27)21(29)6-2-15-1-5-19-20(11-15)31-14-30-19/h1-6,11-12H,7-10,13-14H2. The first kappa shape index (κ1) is 21.2. The summed E-state index contributed by atoms with van der Waals surface area (Å²) in [6.45, 7) is 1.87. The maximum absolute atomic E-state index is 13.3. The quantitative estimate of drug-likeness (QED) is 0.538. The number of benzene rings is 2. The number of ether oxygens (including phenoxy) is 2. The lowest BCUT2D eigenvalue weighted by Crippen LogP contribution is -2.47. The number of nitrogens with zero attached hydrogens (tertiary/aromatic N) is 2. The van der Waals surface area contributed by atoms with E-state index in [9.17, 15) is 22.4 Å². The van der Waals surface area contributed by atoms with Crippen LogP contribution in [0.5, 0.6) is 11.5 Å². The molecule has 0 N–H and O–H groups in total. The Kier molecular flexibility index (Phi) is 5.86. The van der Waals surface area contributed by atoms with Gasteiger partial charge in [-0.15, -0.1) is 0 Å². The fraction of sp³-hybridized carbons (Fsp3) is 0.318. The molecule has 1 saturated heterocycles. The molecule has 0 bridgehead atoms. The van der Waals surface area contributed by atoms with Crippen LogP contribution in [0.2, 0.25) is 0 Å². The number of carbonyl (C=O) groups is 1. The van der Waals surface area contributed by atoms with E-state index in [2.05, 4.69) is 0 Å². The van der Waals surface area contributed by atoms with E-state index in [0.717, 1.165) is 11.6 Å². The predicted octanol–water partition coefficient (Wildman–Crippen LogP) is 3.93. The van der Waals surface area contributed by atoms with E-state index in [-0.39, 0.29) is 24.8 Å². The first-order valence-electron chi connectivity index (χ1n) is 9.74. The largest absolute Gasteiger partial charge is 0.454 e. The molecule has 5 nitrogen and oxygen atoms in total. The molecular weight excluding hydrogens is 416 g/mol. The topological polar surface area (TPSA) is 42.0 Å². The first-order chi connectivity index (χ1) is 14.8. The minimum Gasteiger partial charge on any atom is -0.454 e. The number of piperazine rings is 1. The number of hydrogen-bond acceptors (Lipinski definition) is 4. The van der Waals surface area contributed by atoms with Gasteiger partial charge < -0.3 is 14.4 Å². The maximum Gasteiger partial charge on any atom is 0.416 e. The molecule has 0 spiro atoms. The highest BCUT2D eigenvalue weighted by molar-refractivity contribution is 5.92. The first-order valence-corrected chi connectivity index (χ1v) is 9.74. The summed E-state index contributed by atoms with van der Waals surface area (Å²) in [6.07, 6.45) is -1.46. The summed E-state index contributed by atoms with van der Waals surface area (Å²) in [5, 5.41) is 0. The third-order valence-corrected chi connectivity index (χ3v) is 5.27. The molecule has 0 aliphatic carbocycles. The molecule has 2 aliphatic rings. The second-order valence-electron chi connectivity index (χ2n) is 7.35. The molecule has 0 unspecified atom stereocenters. The van der Waals surface area contributed by atoms with Gasteiger partial charge in [-0.25, -0.2) is 4.39 Å². The van der Waals surface area contributed by atoms with Crippen molar-refractivity contribution >= 4 is 12.0 Å². The number of rotatable bonds is 4. The third-order valence-electron chi connectivity index (χ3n) is 5.27. The van der Waals surface area contributed by atoms with Crippen molar-refractivity contribution in [3.8, 4) is 11.5 Å². The van der Waals surface area contributed by atoms with Crippen molar-refractivity contribution in [1.29, 1.82) is 0 Å². The summed E-state index contributed by atoms with van der Waals surface area (Å²) in [7, 11) is 0. The molecule has 164 valence electrons. The zero-order chi connectivity index (χ0) is 22.0. The Labute approximate surface area is 176 Å². The average Bonchev–Trinajstić information content (AvgIpc) is 3.21. The summed E-state index contributed by atoms with van der Waals surface area (Å²) in [4.78, 5) is 15.9. The van der Waals surface area contributed by atoms with E-state index >= 15 is 0 Å². The highest BCUT2D eigenvalue weighted by Crippen LogP contribution is 2.34. The maximum atomic E-state index is 13.3. The van der Waals surface area contributed by atoms with Crippen LogP contribution in [-0.4, -0.2) is 48.7 Å². The number of amides is 1. The van der Waals surface area contributed by atoms with E-state index in [1.54, 1.807) is 23.1 Å². The molecule has 2 heterocycles. The van der Waals surface area contributed by atoms with Crippen molar-refractivity contribution in [2.45, 2.75) is 12.7 Å². The van der Waals surface area contributed by atoms with E-state index in [1.807, 2.05) is 11.0 Å². The van der Waals surface area contributed by atoms with E-state index in [0.29, 0.717) is 43.7 Å². The normalized spacial score (nSPS) is 16.8. The molecule has 1 fully saturated rings. The van der Waals surface area contributed by atoms with Crippen LogP contribution >= 0.6 is 0 Å². The predicted molar refractivity (Wildman–Crippen MR) is 105 cm³/mol. The van der Waals surface area contributed by atoms with Crippen molar-refractivity contribution in [3.05, 3.63) is 65.0 Å². The highest BCUT2D eigenvalue weighted by Gasteiger charge is 2.34. The second kappa shape index (κ2) is 8.58. The van der Waals surface area contributed by atoms with Crippen LogP contribution in [0.4, 0.5) is 17.6 Å². The summed E-state index contributed by atoms with van der Waals surface area (Å²) < 4.78 is 63.4. The van der Waals surface area contributed by atoms with Crippen LogP contribution < -0.4 is 9.47 Å². The number of alkyl halides is 3. The summed E-state index contributed by atoms with van der Waals surface area (Å²) in [5.74, 6) is 0.201. The zero-order valence-electron chi connectivity index (χ0n) is 16.5. The molecule has 2 aromatic rings. The van der Waals surface area contributed by atoms with E-state index in [1.165, 1.54) is 12.1 Å². The Morgan fingerprint density at radius 1 is 1.00 bits per heavy atom. The number of hydrogen-bond donors (Lipinski definition) is 0. The van der Waals surface area contributed by atoms with Crippen LogP contribution in [0.15, 0.2) is 42.5 Å². The lowest BCUT2D eigenvalue weighted by Gasteiger charge is -2.34. The van der Waals surface area contributed by atoms with Crippen LogP contribution in [-0.2, 0) is 17.5 Å². The van der Waals surface area contributed by atoms with Crippen molar-refractivity contribution in [3.63, 3.8) is 0 Å². The fourth-order valence-corrected chi connectivity index (χ4v) is 3.61. The van der Waals surface area contributed by atoms with Gasteiger partial charge in [0, 0.05) is 38.8 Å². The molecule has 0 atom stereocenters. The monoisotopic (exact) mass is 436 g/mol. The SMILES string of the molecule is O=C(C=Cc1ccc2c(c1)OCO2)N1CCN(Cc2ccc(F)cc2C(F)(F)F)CC1. The van der Waals surface area contributed by atoms with Crippen molar-refractivity contribution < 1.29 is 31.8 Å². The molecule has 31 heavy (non-hydrogen) atoms. The van der Waals surface area contributed by atoms with Gasteiger partial charge in [0.1, 0.15) is 5.82 Å². The number of halogens is 4. The minimum atomic E-state index is -4.62. The highest BCUT2D eigenvalue weighted by atomic mass is 19.4. The zero-order valence-corrected chi connectivity index (χ0v) is 16.5. The second-order valence-corrected chi connectivity index (χ2v) is 7.35. The third kappa shape index (κ3) is 4.99. The number of carbonyl (C=O) groups excluding carboxylic acids is 1. The molecular formula is C22H20F4N2O3. The smallest absolute Gasteiger partial charge is 0.416 e. The fourth-order valence-electron chi connectivity index (χ4n) is 3.61. The van der Waals surface area contributed by atoms with Crippen LogP contribution in [0.1, 0.15) is 16.7 Å². The molecule has 0 saturated carbocycles. The van der Waals surface area contributed by atoms with E-state index in [4.69, 9.17) is 9.47 Å². The molecule has 2 aliphatic heterocycles. The molecule has 2 aromatic carbocycles. The number of fused-ring (bicyclic) bond motifs is 1. The molecule has 1 amide bonds. The Balaban J connectivity index is 1.33. The molecule has 0 radical (unpaired) electrons. The molecule has 0 aromatic heterocycles. The summed E-state index contributed by atoms with van der Waals surface area (Å²) in [5.41, 5.74) is -0.138. The molecule has 9 heteroatoms. The van der Waals surface area contributed by atoms with Crippen molar-refractivity contribution in [1.82, 2.24) is 9.80 Å².